The molecule has 19 heavy (non-hydrogen) atoms. The average Bonchev–Trinajstić information content (AvgIpc) is 2.67. The lowest BCUT2D eigenvalue weighted by Crippen LogP contribution is -2.16. The van der Waals surface area contributed by atoms with Crippen LogP contribution in [0.3, 0.4) is 0 Å². The van der Waals surface area contributed by atoms with Crippen molar-refractivity contribution in [2.24, 2.45) is 7.05 Å². The maximum Gasteiger partial charge on any atom is 0.258 e. The number of carbonyl (C=O) groups is 1. The molecule has 0 aliphatic carbocycles. The topological polar surface area (TPSA) is 82.2 Å². The summed E-state index contributed by atoms with van der Waals surface area (Å²) < 4.78 is 6.65. The monoisotopic (exact) mass is 260 g/mol. The highest BCUT2D eigenvalue weighted by Gasteiger charge is 2.12. The second-order valence-corrected chi connectivity index (χ2v) is 4.20. The van der Waals surface area contributed by atoms with E-state index in [1.165, 1.54) is 0 Å². The largest absolute Gasteiger partial charge is 0.497 e. The first-order valence-corrected chi connectivity index (χ1v) is 5.76. The van der Waals surface area contributed by atoms with Gasteiger partial charge in [0.1, 0.15) is 11.6 Å². The second-order valence-electron chi connectivity index (χ2n) is 4.20. The predicted octanol–water partition coefficient (Wildman–Crippen LogP) is 1.57. The summed E-state index contributed by atoms with van der Waals surface area (Å²) in [6.07, 6.45) is 0. The second kappa shape index (κ2) is 5.01. The van der Waals surface area contributed by atoms with Crippen LogP contribution in [0, 0.1) is 6.92 Å². The summed E-state index contributed by atoms with van der Waals surface area (Å²) in [5.74, 6) is 0.964. The van der Waals surface area contributed by atoms with E-state index in [9.17, 15) is 4.79 Å². The van der Waals surface area contributed by atoms with Crippen molar-refractivity contribution in [2.75, 3.05) is 18.2 Å². The van der Waals surface area contributed by atoms with Crippen LogP contribution in [-0.2, 0) is 7.05 Å². The van der Waals surface area contributed by atoms with Crippen molar-refractivity contribution in [3.63, 3.8) is 0 Å². The Morgan fingerprint density at radius 2 is 2.16 bits per heavy atom. The third-order valence-corrected chi connectivity index (χ3v) is 2.75. The van der Waals surface area contributed by atoms with Crippen molar-refractivity contribution in [1.29, 1.82) is 0 Å². The van der Waals surface area contributed by atoms with E-state index in [2.05, 4.69) is 10.4 Å². The van der Waals surface area contributed by atoms with Crippen LogP contribution < -0.4 is 15.8 Å². The van der Waals surface area contributed by atoms with Crippen LogP contribution in [-0.4, -0.2) is 22.8 Å². The molecule has 0 bridgehead atoms. The van der Waals surface area contributed by atoms with Gasteiger partial charge in [-0.3, -0.25) is 9.48 Å². The fraction of sp³-hybridized carbons (Fsp3) is 0.231. The minimum absolute atomic E-state index is 0.275. The van der Waals surface area contributed by atoms with E-state index >= 15 is 0 Å². The Morgan fingerprint density at radius 1 is 1.42 bits per heavy atom. The van der Waals surface area contributed by atoms with Crippen LogP contribution in [0.5, 0.6) is 5.75 Å². The van der Waals surface area contributed by atoms with Crippen molar-refractivity contribution < 1.29 is 9.53 Å². The molecular formula is C13H16N4O2. The van der Waals surface area contributed by atoms with Gasteiger partial charge in [0.15, 0.2) is 0 Å². The van der Waals surface area contributed by atoms with Crippen LogP contribution in [0.4, 0.5) is 11.5 Å². The zero-order valence-corrected chi connectivity index (χ0v) is 11.1. The van der Waals surface area contributed by atoms with Crippen LogP contribution in [0.15, 0.2) is 24.3 Å². The van der Waals surface area contributed by atoms with Gasteiger partial charge in [-0.2, -0.15) is 5.10 Å². The summed E-state index contributed by atoms with van der Waals surface area (Å²) in [7, 11) is 3.31. The fourth-order valence-corrected chi connectivity index (χ4v) is 1.79. The minimum Gasteiger partial charge on any atom is -0.497 e. The third-order valence-electron chi connectivity index (χ3n) is 2.75. The lowest BCUT2D eigenvalue weighted by molar-refractivity contribution is 0.102. The molecule has 1 aromatic heterocycles. The Labute approximate surface area is 111 Å². The number of aromatic nitrogens is 2. The molecule has 2 rings (SSSR count). The van der Waals surface area contributed by atoms with E-state index in [0.717, 1.165) is 5.69 Å². The molecule has 0 unspecified atom stereocenters. The van der Waals surface area contributed by atoms with Gasteiger partial charge >= 0.3 is 0 Å². The molecule has 0 spiro atoms. The molecule has 1 heterocycles. The molecule has 3 N–H and O–H groups in total. The number of rotatable bonds is 3. The molecule has 0 fully saturated rings. The number of amides is 1. The number of nitrogens with zero attached hydrogens (tertiary/aromatic N) is 2. The quantitative estimate of drug-likeness (QED) is 0.821. The van der Waals surface area contributed by atoms with Crippen LogP contribution >= 0.6 is 0 Å². The maximum absolute atomic E-state index is 12.1. The van der Waals surface area contributed by atoms with Crippen molar-refractivity contribution in [2.45, 2.75) is 6.92 Å². The van der Waals surface area contributed by atoms with Crippen LogP contribution in [0.1, 0.15) is 16.1 Å². The van der Waals surface area contributed by atoms with E-state index in [-0.39, 0.29) is 5.91 Å². The van der Waals surface area contributed by atoms with Crippen LogP contribution in [0.25, 0.3) is 0 Å². The number of methoxy groups -OCH3 is 1. The van der Waals surface area contributed by atoms with Crippen molar-refractivity contribution in [3.05, 3.63) is 35.5 Å². The number of nitrogens with one attached hydrogen (secondary N) is 1. The minimum atomic E-state index is -0.275. The van der Waals surface area contributed by atoms with Gasteiger partial charge in [0.25, 0.3) is 5.91 Å². The predicted molar refractivity (Wildman–Crippen MR) is 73.3 cm³/mol. The number of nitrogen functional groups attached to an aromatic ring is 1. The zero-order chi connectivity index (χ0) is 14.0. The number of anilines is 2. The van der Waals surface area contributed by atoms with E-state index in [0.29, 0.717) is 22.8 Å². The lowest BCUT2D eigenvalue weighted by Gasteiger charge is -2.08. The van der Waals surface area contributed by atoms with E-state index < -0.39 is 0 Å². The van der Waals surface area contributed by atoms with Crippen molar-refractivity contribution >= 4 is 17.4 Å². The Hall–Kier alpha value is -2.50. The van der Waals surface area contributed by atoms with Crippen molar-refractivity contribution in [1.82, 2.24) is 9.78 Å². The molecular weight excluding hydrogens is 244 g/mol. The summed E-state index contributed by atoms with van der Waals surface area (Å²) in [6.45, 7) is 1.86. The number of hydrogen-bond donors (Lipinski definition) is 2. The average molecular weight is 260 g/mol. The molecule has 6 nitrogen and oxygen atoms in total. The van der Waals surface area contributed by atoms with Crippen LogP contribution in [0.2, 0.25) is 0 Å². The van der Waals surface area contributed by atoms with E-state index in [1.54, 1.807) is 43.1 Å². The fourth-order valence-electron chi connectivity index (χ4n) is 1.79. The SMILES string of the molecule is COc1ccc(C(=O)Nc2cc(C)nn2C)c(N)c1. The highest BCUT2D eigenvalue weighted by atomic mass is 16.5. The summed E-state index contributed by atoms with van der Waals surface area (Å²) in [5.41, 5.74) is 7.44. The molecule has 100 valence electrons. The Morgan fingerprint density at radius 3 is 2.68 bits per heavy atom. The number of benzene rings is 1. The van der Waals surface area contributed by atoms with E-state index in [4.69, 9.17) is 10.5 Å². The molecule has 6 heteroatoms. The molecule has 2 aromatic rings. The number of carbonyl (C=O) groups excluding carboxylic acids is 1. The van der Waals surface area contributed by atoms with Gasteiger partial charge in [-0.25, -0.2) is 0 Å². The Bertz CT molecular complexity index is 619. The van der Waals surface area contributed by atoms with Gasteiger partial charge < -0.3 is 15.8 Å². The molecule has 1 aromatic carbocycles. The first kappa shape index (κ1) is 12.9. The number of nitrogens with two attached hydrogens (primary N) is 1. The normalized spacial score (nSPS) is 10.3. The smallest absolute Gasteiger partial charge is 0.258 e. The molecule has 0 aliphatic rings. The number of ether oxygens (including phenoxy) is 1. The molecule has 0 aliphatic heterocycles. The number of hydrogen-bond acceptors (Lipinski definition) is 4. The molecule has 0 saturated heterocycles. The molecule has 1 amide bonds. The van der Waals surface area contributed by atoms with Gasteiger partial charge in [-0.1, -0.05) is 0 Å². The van der Waals surface area contributed by atoms with Crippen molar-refractivity contribution in [3.8, 4) is 5.75 Å². The third kappa shape index (κ3) is 2.67. The molecule has 0 radical (unpaired) electrons. The maximum atomic E-state index is 12.1. The zero-order valence-electron chi connectivity index (χ0n) is 11.1. The highest BCUT2D eigenvalue weighted by Crippen LogP contribution is 2.20. The molecule has 0 saturated carbocycles. The Balaban J connectivity index is 2.23. The molecule has 0 atom stereocenters. The lowest BCUT2D eigenvalue weighted by atomic mass is 10.1. The van der Waals surface area contributed by atoms with Gasteiger partial charge in [0, 0.05) is 24.9 Å². The summed E-state index contributed by atoms with van der Waals surface area (Å²) in [5, 5.41) is 6.92. The standard InChI is InChI=1S/C13H16N4O2/c1-8-6-12(17(2)16-8)15-13(18)10-5-4-9(19-3)7-11(10)14/h4-7H,14H2,1-3H3,(H,15,18). The van der Waals surface area contributed by atoms with Gasteiger partial charge in [0.05, 0.1) is 18.4 Å². The van der Waals surface area contributed by atoms with Gasteiger partial charge in [0.2, 0.25) is 0 Å². The van der Waals surface area contributed by atoms with E-state index in [1.807, 2.05) is 6.92 Å². The number of aryl methyl sites for hydroxylation is 2. The summed E-state index contributed by atoms with van der Waals surface area (Å²) in [4.78, 5) is 12.1. The van der Waals surface area contributed by atoms with Gasteiger partial charge in [-0.05, 0) is 19.1 Å². The summed E-state index contributed by atoms with van der Waals surface area (Å²) >= 11 is 0. The first-order chi connectivity index (χ1) is 9.01. The highest BCUT2D eigenvalue weighted by molar-refractivity contribution is 6.07. The first-order valence-electron chi connectivity index (χ1n) is 5.76. The summed E-state index contributed by atoms with van der Waals surface area (Å²) in [6, 6.07) is 6.73. The van der Waals surface area contributed by atoms with Gasteiger partial charge in [-0.15, -0.1) is 0 Å². The Kier molecular flexibility index (Phi) is 3.41.